The molecule has 0 spiro atoms. The Balaban J connectivity index is 2.29. The summed E-state index contributed by atoms with van der Waals surface area (Å²) in [5.41, 5.74) is 0.118. The first kappa shape index (κ1) is 12.8. The van der Waals surface area contributed by atoms with Crippen molar-refractivity contribution in [2.24, 2.45) is 5.92 Å². The van der Waals surface area contributed by atoms with E-state index in [2.05, 4.69) is 4.74 Å². The number of ether oxygens (including phenoxy) is 2. The van der Waals surface area contributed by atoms with E-state index >= 15 is 0 Å². The maximum atomic E-state index is 12.3. The molecule has 1 aromatic rings. The Bertz CT molecular complexity index is 442. The van der Waals surface area contributed by atoms with E-state index in [1.54, 1.807) is 6.07 Å². The van der Waals surface area contributed by atoms with Crippen molar-refractivity contribution >= 4 is 5.78 Å². The number of Topliss-reactive ketones (excluding diaryl/α,β-unsaturated/α-hetero) is 1. The molecule has 1 aliphatic rings. The molecule has 1 fully saturated rings. The van der Waals surface area contributed by atoms with Crippen LogP contribution in [0.2, 0.25) is 0 Å². The van der Waals surface area contributed by atoms with Gasteiger partial charge in [0.15, 0.2) is 5.78 Å². The van der Waals surface area contributed by atoms with Gasteiger partial charge in [0.25, 0.3) is 0 Å². The molecule has 0 aliphatic heterocycles. The molecule has 0 aromatic heterocycles. The number of rotatable bonds is 6. The Morgan fingerprint density at radius 1 is 1.39 bits per heavy atom. The van der Waals surface area contributed by atoms with Crippen molar-refractivity contribution in [3.05, 3.63) is 23.8 Å². The first-order chi connectivity index (χ1) is 8.61. The van der Waals surface area contributed by atoms with Gasteiger partial charge in [-0.25, -0.2) is 0 Å². The van der Waals surface area contributed by atoms with Gasteiger partial charge in [0.1, 0.15) is 17.1 Å². The van der Waals surface area contributed by atoms with E-state index in [0.717, 1.165) is 12.8 Å². The summed E-state index contributed by atoms with van der Waals surface area (Å²) in [5, 5.41) is 0. The van der Waals surface area contributed by atoms with Crippen LogP contribution in [0.1, 0.15) is 29.6 Å². The highest BCUT2D eigenvalue weighted by Crippen LogP contribution is 2.37. The molecule has 2 rings (SSSR count). The van der Waals surface area contributed by atoms with Crippen LogP contribution in [0, 0.1) is 5.92 Å². The van der Waals surface area contributed by atoms with Crippen LogP contribution in [-0.2, 0) is 0 Å². The second kappa shape index (κ2) is 5.33. The summed E-state index contributed by atoms with van der Waals surface area (Å²) in [7, 11) is 1.40. The molecule has 3 nitrogen and oxygen atoms in total. The van der Waals surface area contributed by atoms with Crippen molar-refractivity contribution in [3.63, 3.8) is 0 Å². The van der Waals surface area contributed by atoms with Gasteiger partial charge in [-0.2, -0.15) is 8.78 Å². The zero-order chi connectivity index (χ0) is 13.1. The molecule has 5 heteroatoms. The lowest BCUT2D eigenvalue weighted by Crippen LogP contribution is -2.10. The number of ketones is 1. The largest absolute Gasteiger partial charge is 0.496 e. The second-order valence-electron chi connectivity index (χ2n) is 4.28. The van der Waals surface area contributed by atoms with E-state index < -0.39 is 6.61 Å². The number of hydrogen-bond acceptors (Lipinski definition) is 3. The highest BCUT2D eigenvalue weighted by Gasteiger charge is 2.28. The van der Waals surface area contributed by atoms with Crippen molar-refractivity contribution in [3.8, 4) is 11.5 Å². The molecule has 1 aliphatic carbocycles. The van der Waals surface area contributed by atoms with Gasteiger partial charge < -0.3 is 9.47 Å². The molecule has 1 saturated carbocycles. The standard InChI is InChI=1S/C13H14F2O3/c1-17-10-3-2-4-11(18-13(14)15)12(10)9(16)7-8-5-6-8/h2-4,8,13H,5-7H2,1H3. The van der Waals surface area contributed by atoms with Crippen LogP contribution < -0.4 is 9.47 Å². The van der Waals surface area contributed by atoms with Crippen molar-refractivity contribution in [2.75, 3.05) is 7.11 Å². The zero-order valence-electron chi connectivity index (χ0n) is 9.99. The van der Waals surface area contributed by atoms with Gasteiger partial charge in [-0.05, 0) is 30.9 Å². The quantitative estimate of drug-likeness (QED) is 0.733. The van der Waals surface area contributed by atoms with Crippen LogP contribution in [0.5, 0.6) is 11.5 Å². The highest BCUT2D eigenvalue weighted by atomic mass is 19.3. The molecule has 0 amide bonds. The molecule has 18 heavy (non-hydrogen) atoms. The second-order valence-corrected chi connectivity index (χ2v) is 4.28. The summed E-state index contributed by atoms with van der Waals surface area (Å²) >= 11 is 0. The predicted octanol–water partition coefficient (Wildman–Crippen LogP) is 3.28. The minimum Gasteiger partial charge on any atom is -0.496 e. The van der Waals surface area contributed by atoms with Gasteiger partial charge in [-0.1, -0.05) is 6.07 Å². The van der Waals surface area contributed by atoms with Crippen LogP contribution in [-0.4, -0.2) is 19.5 Å². The topological polar surface area (TPSA) is 35.5 Å². The lowest BCUT2D eigenvalue weighted by Gasteiger charge is -2.13. The van der Waals surface area contributed by atoms with Gasteiger partial charge in [0.2, 0.25) is 0 Å². The number of hydrogen-bond donors (Lipinski definition) is 0. The normalized spacial score (nSPS) is 14.7. The smallest absolute Gasteiger partial charge is 0.387 e. The summed E-state index contributed by atoms with van der Waals surface area (Å²) in [4.78, 5) is 12.1. The van der Waals surface area contributed by atoms with Gasteiger partial charge >= 0.3 is 6.61 Å². The number of halogens is 2. The molecule has 0 saturated heterocycles. The van der Waals surface area contributed by atoms with E-state index in [0.29, 0.717) is 12.3 Å². The van der Waals surface area contributed by atoms with Gasteiger partial charge in [-0.15, -0.1) is 0 Å². The third-order valence-electron chi connectivity index (χ3n) is 2.87. The minimum absolute atomic E-state index is 0.116. The Labute approximate surface area is 104 Å². The predicted molar refractivity (Wildman–Crippen MR) is 61.3 cm³/mol. The van der Waals surface area contributed by atoms with E-state index in [4.69, 9.17) is 4.74 Å². The number of carbonyl (C=O) groups excluding carboxylic acids is 1. The fourth-order valence-electron chi connectivity index (χ4n) is 1.84. The Morgan fingerprint density at radius 2 is 2.06 bits per heavy atom. The lowest BCUT2D eigenvalue weighted by molar-refractivity contribution is -0.0502. The number of methoxy groups -OCH3 is 1. The van der Waals surface area contributed by atoms with Crippen molar-refractivity contribution in [1.82, 2.24) is 0 Å². The molecular weight excluding hydrogens is 242 g/mol. The first-order valence-electron chi connectivity index (χ1n) is 5.77. The number of benzene rings is 1. The van der Waals surface area contributed by atoms with E-state index in [-0.39, 0.29) is 22.8 Å². The molecular formula is C13H14F2O3. The molecule has 0 unspecified atom stereocenters. The summed E-state index contributed by atoms with van der Waals surface area (Å²) in [6.45, 7) is -2.95. The molecule has 0 atom stereocenters. The molecule has 1 aromatic carbocycles. The zero-order valence-corrected chi connectivity index (χ0v) is 9.99. The van der Waals surface area contributed by atoms with E-state index in [1.807, 2.05) is 0 Å². The monoisotopic (exact) mass is 256 g/mol. The van der Waals surface area contributed by atoms with Crippen molar-refractivity contribution < 1.29 is 23.0 Å². The van der Waals surface area contributed by atoms with Crippen LogP contribution in [0.3, 0.4) is 0 Å². The van der Waals surface area contributed by atoms with E-state index in [9.17, 15) is 13.6 Å². The first-order valence-corrected chi connectivity index (χ1v) is 5.77. The SMILES string of the molecule is COc1cccc(OC(F)F)c1C(=O)CC1CC1. The summed E-state index contributed by atoms with van der Waals surface area (Å²) in [6.07, 6.45) is 2.40. The Morgan fingerprint density at radius 3 is 2.61 bits per heavy atom. The Kier molecular flexibility index (Phi) is 3.79. The maximum Gasteiger partial charge on any atom is 0.387 e. The van der Waals surface area contributed by atoms with E-state index in [1.165, 1.54) is 19.2 Å². The van der Waals surface area contributed by atoms with Gasteiger partial charge in [0.05, 0.1) is 7.11 Å². The summed E-state index contributed by atoms with van der Waals surface area (Å²) in [5.74, 6) is 0.334. The average molecular weight is 256 g/mol. The summed E-state index contributed by atoms with van der Waals surface area (Å²) in [6, 6.07) is 4.44. The number of alkyl halides is 2. The Hall–Kier alpha value is -1.65. The molecule has 98 valence electrons. The lowest BCUT2D eigenvalue weighted by atomic mass is 10.0. The minimum atomic E-state index is -2.95. The summed E-state index contributed by atoms with van der Waals surface area (Å²) < 4.78 is 34.0. The molecule has 0 N–H and O–H groups in total. The molecule has 0 bridgehead atoms. The molecule has 0 radical (unpaired) electrons. The van der Waals surface area contributed by atoms with Crippen LogP contribution in [0.15, 0.2) is 18.2 Å². The number of carbonyl (C=O) groups is 1. The fraction of sp³-hybridized carbons (Fsp3) is 0.462. The highest BCUT2D eigenvalue weighted by molar-refractivity contribution is 6.01. The van der Waals surface area contributed by atoms with Gasteiger partial charge in [0, 0.05) is 6.42 Å². The molecule has 0 heterocycles. The van der Waals surface area contributed by atoms with Crippen LogP contribution in [0.25, 0.3) is 0 Å². The fourth-order valence-corrected chi connectivity index (χ4v) is 1.84. The van der Waals surface area contributed by atoms with Crippen LogP contribution in [0.4, 0.5) is 8.78 Å². The average Bonchev–Trinajstić information content (AvgIpc) is 3.11. The van der Waals surface area contributed by atoms with Crippen molar-refractivity contribution in [1.29, 1.82) is 0 Å². The van der Waals surface area contributed by atoms with Crippen molar-refractivity contribution in [2.45, 2.75) is 25.9 Å². The third-order valence-corrected chi connectivity index (χ3v) is 2.87. The third kappa shape index (κ3) is 2.97. The maximum absolute atomic E-state index is 12.3. The van der Waals surface area contributed by atoms with Crippen LogP contribution >= 0.6 is 0 Å². The van der Waals surface area contributed by atoms with Gasteiger partial charge in [-0.3, -0.25) is 4.79 Å².